The van der Waals surface area contributed by atoms with Crippen molar-refractivity contribution >= 4 is 23.2 Å². The number of aryl methyl sites for hydroxylation is 1. The zero-order valence-corrected chi connectivity index (χ0v) is 9.38. The Balaban J connectivity index is 2.34. The van der Waals surface area contributed by atoms with E-state index in [0.717, 1.165) is 12.8 Å². The molecule has 0 aliphatic rings. The summed E-state index contributed by atoms with van der Waals surface area (Å²) in [5, 5.41) is 8.27. The molecule has 0 radical (unpaired) electrons. The molecule has 0 amide bonds. The Hall–Kier alpha value is -0.240. The molecule has 0 aliphatic carbocycles. The van der Waals surface area contributed by atoms with Crippen molar-refractivity contribution in [3.8, 4) is 0 Å². The van der Waals surface area contributed by atoms with Gasteiger partial charge in [-0.15, -0.1) is 23.2 Å². The summed E-state index contributed by atoms with van der Waals surface area (Å²) in [7, 11) is 0. The van der Waals surface area contributed by atoms with Gasteiger partial charge in [0.05, 0.1) is 17.4 Å². The van der Waals surface area contributed by atoms with Crippen molar-refractivity contribution in [3.05, 3.63) is 35.9 Å². The number of alkyl halides is 2. The average molecular weight is 233 g/mol. The topological polar surface area (TPSA) is 20.2 Å². The van der Waals surface area contributed by atoms with Crippen LogP contribution >= 0.6 is 23.2 Å². The molecule has 3 heteroatoms. The van der Waals surface area contributed by atoms with Crippen LogP contribution in [0.15, 0.2) is 30.3 Å². The molecular formula is C11H14Cl2O. The number of benzene rings is 1. The number of aliphatic hydroxyl groups excluding tert-OH is 1. The second-order valence-corrected chi connectivity index (χ2v) is 4.36. The molecule has 0 saturated heterocycles. The van der Waals surface area contributed by atoms with Crippen LogP contribution in [0.4, 0.5) is 0 Å². The summed E-state index contributed by atoms with van der Waals surface area (Å²) in [5.74, 6) is 0. The molecule has 1 nitrogen and oxygen atoms in total. The molecule has 0 spiro atoms. The third-order valence-electron chi connectivity index (χ3n) is 2.12. The minimum absolute atomic E-state index is 0.0650. The molecule has 0 saturated carbocycles. The Kier molecular flexibility index (Phi) is 5.31. The number of rotatable bonds is 5. The maximum Gasteiger partial charge on any atom is 0.0730 e. The van der Waals surface area contributed by atoms with Crippen LogP contribution in [-0.4, -0.2) is 22.5 Å². The highest BCUT2D eigenvalue weighted by Gasteiger charge is 2.14. The maximum absolute atomic E-state index is 8.79. The van der Waals surface area contributed by atoms with Crippen LogP contribution in [0.5, 0.6) is 0 Å². The van der Waals surface area contributed by atoms with Crippen LogP contribution in [0.2, 0.25) is 0 Å². The van der Waals surface area contributed by atoms with Crippen molar-refractivity contribution in [3.63, 3.8) is 0 Å². The van der Waals surface area contributed by atoms with Gasteiger partial charge in [-0.25, -0.2) is 0 Å². The average Bonchev–Trinajstić information content (AvgIpc) is 2.26. The Morgan fingerprint density at radius 3 is 2.29 bits per heavy atom. The minimum Gasteiger partial charge on any atom is -0.395 e. The lowest BCUT2D eigenvalue weighted by Gasteiger charge is -2.13. The molecular weight excluding hydrogens is 219 g/mol. The van der Waals surface area contributed by atoms with Gasteiger partial charge in [-0.1, -0.05) is 30.3 Å². The first-order valence-corrected chi connectivity index (χ1v) is 5.54. The Morgan fingerprint density at radius 1 is 1.07 bits per heavy atom. The zero-order chi connectivity index (χ0) is 10.4. The Morgan fingerprint density at radius 2 is 1.71 bits per heavy atom. The predicted molar refractivity (Wildman–Crippen MR) is 61.1 cm³/mol. The van der Waals surface area contributed by atoms with E-state index in [2.05, 4.69) is 12.1 Å². The van der Waals surface area contributed by atoms with E-state index in [9.17, 15) is 0 Å². The highest BCUT2D eigenvalue weighted by atomic mass is 35.5. The van der Waals surface area contributed by atoms with Crippen molar-refractivity contribution in [2.75, 3.05) is 6.61 Å². The second-order valence-electron chi connectivity index (χ2n) is 3.24. The van der Waals surface area contributed by atoms with Crippen LogP contribution in [0.25, 0.3) is 0 Å². The summed E-state index contributed by atoms with van der Waals surface area (Å²) in [6.07, 6.45) is 1.69. The summed E-state index contributed by atoms with van der Waals surface area (Å²) < 4.78 is 0. The molecule has 1 rings (SSSR count). The Bertz CT molecular complexity index is 251. The van der Waals surface area contributed by atoms with Crippen molar-refractivity contribution in [2.45, 2.75) is 23.6 Å². The number of aliphatic hydroxyl groups is 1. The molecule has 0 unspecified atom stereocenters. The molecule has 2 atom stereocenters. The van der Waals surface area contributed by atoms with Gasteiger partial charge in [0.1, 0.15) is 0 Å². The van der Waals surface area contributed by atoms with Crippen molar-refractivity contribution in [2.24, 2.45) is 0 Å². The van der Waals surface area contributed by atoms with Gasteiger partial charge in [0.15, 0.2) is 0 Å². The standard InChI is InChI=1S/C11H14Cl2O/c12-10(11(13)8-14)7-6-9-4-2-1-3-5-9/h1-5,10-11,14H,6-8H2/t10-,11-/m1/s1. The zero-order valence-electron chi connectivity index (χ0n) is 7.87. The van der Waals surface area contributed by atoms with Crippen LogP contribution in [0, 0.1) is 0 Å². The molecule has 14 heavy (non-hydrogen) atoms. The van der Waals surface area contributed by atoms with Crippen LogP contribution < -0.4 is 0 Å². The summed E-state index contributed by atoms with van der Waals surface area (Å²) in [4.78, 5) is 0. The molecule has 1 aromatic carbocycles. The van der Waals surface area contributed by atoms with E-state index in [1.807, 2.05) is 18.2 Å². The van der Waals surface area contributed by atoms with Gasteiger partial charge in [-0.3, -0.25) is 0 Å². The number of hydrogen-bond donors (Lipinski definition) is 1. The van der Waals surface area contributed by atoms with Gasteiger partial charge in [-0.2, -0.15) is 0 Å². The van der Waals surface area contributed by atoms with E-state index in [0.29, 0.717) is 0 Å². The lowest BCUT2D eigenvalue weighted by Crippen LogP contribution is -2.19. The SMILES string of the molecule is OC[C@@H](Cl)[C@H](Cl)CCc1ccccc1. The van der Waals surface area contributed by atoms with E-state index in [-0.39, 0.29) is 17.4 Å². The Labute approximate surface area is 94.7 Å². The predicted octanol–water partition coefficient (Wildman–Crippen LogP) is 2.83. The van der Waals surface area contributed by atoms with Gasteiger partial charge in [0, 0.05) is 0 Å². The fourth-order valence-electron chi connectivity index (χ4n) is 1.24. The summed E-state index contributed by atoms with van der Waals surface area (Å²) in [6.45, 7) is -0.0650. The fourth-order valence-corrected chi connectivity index (χ4v) is 1.56. The maximum atomic E-state index is 8.79. The molecule has 1 N–H and O–H groups in total. The quantitative estimate of drug-likeness (QED) is 0.775. The summed E-state index contributed by atoms with van der Waals surface area (Å²) in [6, 6.07) is 10.1. The smallest absolute Gasteiger partial charge is 0.0730 e. The van der Waals surface area contributed by atoms with Crippen LogP contribution in [-0.2, 0) is 6.42 Å². The summed E-state index contributed by atoms with van der Waals surface area (Å²) in [5.41, 5.74) is 1.25. The largest absolute Gasteiger partial charge is 0.395 e. The normalized spacial score (nSPS) is 15.1. The molecule has 0 aromatic heterocycles. The van der Waals surface area contributed by atoms with Gasteiger partial charge < -0.3 is 5.11 Å². The number of hydrogen-bond acceptors (Lipinski definition) is 1. The lowest BCUT2D eigenvalue weighted by molar-refractivity contribution is 0.288. The van der Waals surface area contributed by atoms with Gasteiger partial charge in [-0.05, 0) is 18.4 Å². The van der Waals surface area contributed by atoms with Crippen molar-refractivity contribution in [1.82, 2.24) is 0 Å². The first kappa shape index (κ1) is 11.8. The third kappa shape index (κ3) is 3.87. The lowest BCUT2D eigenvalue weighted by atomic mass is 10.1. The van der Waals surface area contributed by atoms with Gasteiger partial charge in [0.2, 0.25) is 0 Å². The molecule has 1 aromatic rings. The van der Waals surface area contributed by atoms with Crippen LogP contribution in [0.1, 0.15) is 12.0 Å². The molecule has 0 bridgehead atoms. The third-order valence-corrected chi connectivity index (χ3v) is 3.21. The fraction of sp³-hybridized carbons (Fsp3) is 0.455. The minimum atomic E-state index is -0.347. The molecule has 0 aliphatic heterocycles. The molecule has 0 fully saturated rings. The van der Waals surface area contributed by atoms with E-state index in [1.54, 1.807) is 0 Å². The molecule has 0 heterocycles. The van der Waals surface area contributed by atoms with E-state index in [4.69, 9.17) is 28.3 Å². The second kappa shape index (κ2) is 6.28. The van der Waals surface area contributed by atoms with Gasteiger partial charge in [0.25, 0.3) is 0 Å². The first-order chi connectivity index (χ1) is 6.74. The van der Waals surface area contributed by atoms with Crippen molar-refractivity contribution in [1.29, 1.82) is 0 Å². The van der Waals surface area contributed by atoms with Gasteiger partial charge >= 0.3 is 0 Å². The van der Waals surface area contributed by atoms with E-state index >= 15 is 0 Å². The number of halogens is 2. The summed E-state index contributed by atoms with van der Waals surface area (Å²) >= 11 is 11.8. The van der Waals surface area contributed by atoms with E-state index in [1.165, 1.54) is 5.56 Å². The highest BCUT2D eigenvalue weighted by Crippen LogP contribution is 2.16. The first-order valence-electron chi connectivity index (χ1n) is 4.67. The van der Waals surface area contributed by atoms with Crippen molar-refractivity contribution < 1.29 is 5.11 Å². The monoisotopic (exact) mass is 232 g/mol. The molecule has 78 valence electrons. The highest BCUT2D eigenvalue weighted by molar-refractivity contribution is 6.30. The van der Waals surface area contributed by atoms with Crippen LogP contribution in [0.3, 0.4) is 0 Å². The van der Waals surface area contributed by atoms with E-state index < -0.39 is 0 Å².